The standard InChI is InChI=1S/C16H9ClN2O/c17-16(13(8-18)11-4-3-7-19-9-11)14-10-20-15-6-2-1-5-12(14)15/h1-7,9-10H/b16-13-. The van der Waals surface area contributed by atoms with Crippen molar-refractivity contribution in [1.29, 1.82) is 5.26 Å². The van der Waals surface area contributed by atoms with Gasteiger partial charge in [-0.2, -0.15) is 5.26 Å². The topological polar surface area (TPSA) is 49.8 Å². The second-order valence-corrected chi connectivity index (χ2v) is 4.57. The Kier molecular flexibility index (Phi) is 3.24. The molecule has 0 fully saturated rings. The summed E-state index contributed by atoms with van der Waals surface area (Å²) in [5.74, 6) is 0. The third kappa shape index (κ3) is 2.07. The molecule has 0 amide bonds. The molecule has 0 aliphatic carbocycles. The fourth-order valence-electron chi connectivity index (χ4n) is 2.03. The number of hydrogen-bond donors (Lipinski definition) is 0. The molecule has 3 rings (SSSR count). The van der Waals surface area contributed by atoms with Crippen LogP contribution in [0.25, 0.3) is 21.6 Å². The molecule has 0 saturated heterocycles. The van der Waals surface area contributed by atoms with Crippen molar-refractivity contribution in [3.8, 4) is 6.07 Å². The van der Waals surface area contributed by atoms with Crippen LogP contribution in [0.2, 0.25) is 0 Å². The van der Waals surface area contributed by atoms with Gasteiger partial charge in [-0.1, -0.05) is 35.9 Å². The molecule has 0 bridgehead atoms. The van der Waals surface area contributed by atoms with Crippen molar-refractivity contribution in [1.82, 2.24) is 4.98 Å². The molecule has 0 saturated carbocycles. The van der Waals surface area contributed by atoms with Gasteiger partial charge < -0.3 is 4.42 Å². The number of benzene rings is 1. The fourth-order valence-corrected chi connectivity index (χ4v) is 2.33. The monoisotopic (exact) mass is 280 g/mol. The number of para-hydroxylation sites is 1. The highest BCUT2D eigenvalue weighted by molar-refractivity contribution is 6.54. The molecule has 0 spiro atoms. The Morgan fingerprint density at radius 3 is 2.80 bits per heavy atom. The molecule has 0 N–H and O–H groups in total. The van der Waals surface area contributed by atoms with Gasteiger partial charge in [0.1, 0.15) is 17.9 Å². The van der Waals surface area contributed by atoms with E-state index in [2.05, 4.69) is 11.1 Å². The summed E-state index contributed by atoms with van der Waals surface area (Å²) in [7, 11) is 0. The molecule has 2 heterocycles. The number of pyridine rings is 1. The molecule has 0 aliphatic heterocycles. The Morgan fingerprint density at radius 1 is 1.20 bits per heavy atom. The van der Waals surface area contributed by atoms with Gasteiger partial charge in [0, 0.05) is 28.9 Å². The summed E-state index contributed by atoms with van der Waals surface area (Å²) in [6, 6.07) is 13.3. The van der Waals surface area contributed by atoms with E-state index >= 15 is 0 Å². The van der Waals surface area contributed by atoms with Crippen LogP contribution in [-0.2, 0) is 0 Å². The predicted molar refractivity (Wildman–Crippen MR) is 78.7 cm³/mol. The highest BCUT2D eigenvalue weighted by Gasteiger charge is 2.14. The predicted octanol–water partition coefficient (Wildman–Crippen LogP) is 4.46. The average molecular weight is 281 g/mol. The van der Waals surface area contributed by atoms with Gasteiger partial charge in [-0.3, -0.25) is 4.98 Å². The van der Waals surface area contributed by atoms with Crippen LogP contribution in [0.4, 0.5) is 0 Å². The number of aromatic nitrogens is 1. The lowest BCUT2D eigenvalue weighted by Crippen LogP contribution is -1.86. The SMILES string of the molecule is N#C/C(=C(/Cl)c1coc2ccccc12)c1cccnc1. The van der Waals surface area contributed by atoms with E-state index in [0.29, 0.717) is 21.7 Å². The van der Waals surface area contributed by atoms with Crippen LogP contribution < -0.4 is 0 Å². The van der Waals surface area contributed by atoms with Crippen molar-refractivity contribution >= 4 is 33.2 Å². The van der Waals surface area contributed by atoms with Gasteiger partial charge in [-0.05, 0) is 12.1 Å². The lowest BCUT2D eigenvalue weighted by Gasteiger charge is -2.02. The van der Waals surface area contributed by atoms with E-state index in [0.717, 1.165) is 11.0 Å². The lowest BCUT2D eigenvalue weighted by molar-refractivity contribution is 0.615. The quantitative estimate of drug-likeness (QED) is 0.651. The van der Waals surface area contributed by atoms with E-state index in [9.17, 15) is 5.26 Å². The van der Waals surface area contributed by atoms with Crippen molar-refractivity contribution in [2.24, 2.45) is 0 Å². The lowest BCUT2D eigenvalue weighted by atomic mass is 10.0. The first-order valence-corrected chi connectivity index (χ1v) is 6.36. The Bertz CT molecular complexity index is 828. The zero-order valence-corrected chi connectivity index (χ0v) is 11.1. The summed E-state index contributed by atoms with van der Waals surface area (Å²) >= 11 is 6.40. The molecule has 3 nitrogen and oxygen atoms in total. The summed E-state index contributed by atoms with van der Waals surface area (Å²) in [6.07, 6.45) is 4.84. The third-order valence-corrected chi connectivity index (χ3v) is 3.39. The molecular formula is C16H9ClN2O. The number of halogens is 1. The second kappa shape index (κ2) is 5.20. The van der Waals surface area contributed by atoms with Crippen LogP contribution in [-0.4, -0.2) is 4.98 Å². The van der Waals surface area contributed by atoms with E-state index < -0.39 is 0 Å². The molecule has 0 atom stereocenters. The van der Waals surface area contributed by atoms with E-state index in [1.807, 2.05) is 24.3 Å². The van der Waals surface area contributed by atoms with E-state index in [1.54, 1.807) is 30.8 Å². The Balaban J connectivity index is 2.22. The first kappa shape index (κ1) is 12.5. The molecule has 1 aromatic carbocycles. The number of allylic oxidation sites excluding steroid dienone is 1. The van der Waals surface area contributed by atoms with Crippen molar-refractivity contribution < 1.29 is 4.42 Å². The van der Waals surface area contributed by atoms with Crippen LogP contribution in [0.15, 0.2) is 59.5 Å². The minimum atomic E-state index is 0.366. The number of hydrogen-bond acceptors (Lipinski definition) is 3. The van der Waals surface area contributed by atoms with Gasteiger partial charge >= 0.3 is 0 Å². The summed E-state index contributed by atoms with van der Waals surface area (Å²) in [5.41, 5.74) is 2.52. The van der Waals surface area contributed by atoms with Crippen molar-refractivity contribution in [2.75, 3.05) is 0 Å². The summed E-state index contributed by atoms with van der Waals surface area (Å²) in [4.78, 5) is 4.01. The van der Waals surface area contributed by atoms with Crippen molar-refractivity contribution in [2.45, 2.75) is 0 Å². The number of fused-ring (bicyclic) bond motifs is 1. The molecule has 20 heavy (non-hydrogen) atoms. The maximum atomic E-state index is 9.37. The minimum Gasteiger partial charge on any atom is -0.464 e. The molecule has 2 aromatic heterocycles. The fraction of sp³-hybridized carbons (Fsp3) is 0. The highest BCUT2D eigenvalue weighted by atomic mass is 35.5. The summed E-state index contributed by atoms with van der Waals surface area (Å²) in [5, 5.41) is 10.6. The number of nitriles is 1. The number of furan rings is 1. The van der Waals surface area contributed by atoms with Crippen LogP contribution in [0.1, 0.15) is 11.1 Å². The molecule has 0 aliphatic rings. The van der Waals surface area contributed by atoms with Gasteiger partial charge in [0.25, 0.3) is 0 Å². The second-order valence-electron chi connectivity index (χ2n) is 4.19. The summed E-state index contributed by atoms with van der Waals surface area (Å²) in [6.45, 7) is 0. The molecular weight excluding hydrogens is 272 g/mol. The first-order chi connectivity index (χ1) is 9.81. The van der Waals surface area contributed by atoms with Gasteiger partial charge in [0.2, 0.25) is 0 Å². The minimum absolute atomic E-state index is 0.366. The molecule has 4 heteroatoms. The Morgan fingerprint density at radius 2 is 2.05 bits per heavy atom. The third-order valence-electron chi connectivity index (χ3n) is 3.00. The Hall–Kier alpha value is -2.57. The Labute approximate surface area is 120 Å². The maximum Gasteiger partial charge on any atom is 0.134 e. The normalized spacial score (nSPS) is 12.0. The number of nitrogens with zero attached hydrogens (tertiary/aromatic N) is 2. The number of rotatable bonds is 2. The smallest absolute Gasteiger partial charge is 0.134 e. The zero-order valence-electron chi connectivity index (χ0n) is 10.4. The molecule has 0 unspecified atom stereocenters. The van der Waals surface area contributed by atoms with Crippen LogP contribution >= 0.6 is 11.6 Å². The molecule has 96 valence electrons. The maximum absolute atomic E-state index is 9.37. The van der Waals surface area contributed by atoms with Crippen LogP contribution in [0.3, 0.4) is 0 Å². The van der Waals surface area contributed by atoms with Crippen molar-refractivity contribution in [3.63, 3.8) is 0 Å². The first-order valence-electron chi connectivity index (χ1n) is 5.98. The van der Waals surface area contributed by atoms with Gasteiger partial charge in [-0.25, -0.2) is 0 Å². The largest absolute Gasteiger partial charge is 0.464 e. The van der Waals surface area contributed by atoms with E-state index in [1.165, 1.54) is 0 Å². The van der Waals surface area contributed by atoms with Crippen LogP contribution in [0, 0.1) is 11.3 Å². The van der Waals surface area contributed by atoms with Gasteiger partial charge in [0.15, 0.2) is 0 Å². The van der Waals surface area contributed by atoms with Crippen molar-refractivity contribution in [3.05, 3.63) is 66.2 Å². The molecule has 3 aromatic rings. The van der Waals surface area contributed by atoms with E-state index in [-0.39, 0.29) is 0 Å². The molecule has 0 radical (unpaired) electrons. The van der Waals surface area contributed by atoms with Gasteiger partial charge in [-0.15, -0.1) is 0 Å². The zero-order chi connectivity index (χ0) is 13.9. The summed E-state index contributed by atoms with van der Waals surface area (Å²) < 4.78 is 5.46. The highest BCUT2D eigenvalue weighted by Crippen LogP contribution is 2.34. The van der Waals surface area contributed by atoms with E-state index in [4.69, 9.17) is 16.0 Å². The van der Waals surface area contributed by atoms with Gasteiger partial charge in [0.05, 0.1) is 10.6 Å². The average Bonchev–Trinajstić information content (AvgIpc) is 2.93. The van der Waals surface area contributed by atoms with Crippen LogP contribution in [0.5, 0.6) is 0 Å².